The number of hydrogen-bond donors (Lipinski definition) is 2. The lowest BCUT2D eigenvalue weighted by atomic mass is 10.1. The smallest absolute Gasteiger partial charge is 0.160 e. The molecule has 0 aliphatic heterocycles. The fraction of sp³-hybridized carbons (Fsp3) is 0.143. The molecule has 0 heterocycles. The Hall–Kier alpha value is -1.36. The zero-order valence-electron chi connectivity index (χ0n) is 10.2. The third kappa shape index (κ3) is 3.60. The molecule has 0 amide bonds. The van der Waals surface area contributed by atoms with Crippen molar-refractivity contribution in [2.75, 3.05) is 11.9 Å². The van der Waals surface area contributed by atoms with Crippen molar-refractivity contribution < 1.29 is 13.9 Å². The van der Waals surface area contributed by atoms with Crippen LogP contribution >= 0.6 is 23.2 Å². The van der Waals surface area contributed by atoms with E-state index in [9.17, 15) is 13.9 Å². The van der Waals surface area contributed by atoms with E-state index in [4.69, 9.17) is 23.2 Å². The van der Waals surface area contributed by atoms with Gasteiger partial charge in [0.05, 0.1) is 16.1 Å². The van der Waals surface area contributed by atoms with Crippen LogP contribution in [0.5, 0.6) is 0 Å². The number of aliphatic hydroxyl groups excluding tert-OH is 1. The zero-order valence-corrected chi connectivity index (χ0v) is 11.7. The molecule has 2 N–H and O–H groups in total. The highest BCUT2D eigenvalue weighted by Gasteiger charge is 2.11. The molecule has 1 unspecified atom stereocenters. The molecule has 0 spiro atoms. The maximum atomic E-state index is 13.2. The van der Waals surface area contributed by atoms with Crippen molar-refractivity contribution in [3.05, 3.63) is 63.6 Å². The fourth-order valence-electron chi connectivity index (χ4n) is 1.70. The molecule has 0 saturated heterocycles. The molecule has 2 rings (SSSR count). The van der Waals surface area contributed by atoms with E-state index in [0.717, 1.165) is 0 Å². The number of aliphatic hydroxyl groups is 1. The molecule has 0 fully saturated rings. The molecular formula is C14H11Cl2F2NO. The molecule has 20 heavy (non-hydrogen) atoms. The molecular weight excluding hydrogens is 307 g/mol. The van der Waals surface area contributed by atoms with E-state index in [0.29, 0.717) is 11.3 Å². The van der Waals surface area contributed by atoms with Crippen molar-refractivity contribution >= 4 is 28.9 Å². The second-order valence-electron chi connectivity index (χ2n) is 4.21. The SMILES string of the molecule is OC(CNc1cc(Cl)c(F)c(Cl)c1)c1cccc(F)c1. The van der Waals surface area contributed by atoms with Gasteiger partial charge in [0, 0.05) is 12.2 Å². The number of anilines is 1. The van der Waals surface area contributed by atoms with E-state index in [1.807, 2.05) is 0 Å². The monoisotopic (exact) mass is 317 g/mol. The van der Waals surface area contributed by atoms with Crippen LogP contribution in [0.4, 0.5) is 14.5 Å². The van der Waals surface area contributed by atoms with Gasteiger partial charge in [0.15, 0.2) is 5.82 Å². The van der Waals surface area contributed by atoms with Gasteiger partial charge in [-0.15, -0.1) is 0 Å². The minimum Gasteiger partial charge on any atom is -0.387 e. The lowest BCUT2D eigenvalue weighted by Gasteiger charge is -2.14. The topological polar surface area (TPSA) is 32.3 Å². The van der Waals surface area contributed by atoms with E-state index < -0.39 is 17.7 Å². The summed E-state index contributed by atoms with van der Waals surface area (Å²) in [5, 5.41) is 12.6. The number of hydrogen-bond acceptors (Lipinski definition) is 2. The molecule has 0 saturated carbocycles. The number of benzene rings is 2. The van der Waals surface area contributed by atoms with Gasteiger partial charge in [-0.3, -0.25) is 0 Å². The van der Waals surface area contributed by atoms with Crippen LogP contribution in [0.25, 0.3) is 0 Å². The van der Waals surface area contributed by atoms with Crippen LogP contribution in [0, 0.1) is 11.6 Å². The fourth-order valence-corrected chi connectivity index (χ4v) is 2.19. The van der Waals surface area contributed by atoms with Gasteiger partial charge in [-0.1, -0.05) is 35.3 Å². The van der Waals surface area contributed by atoms with Crippen LogP contribution in [0.1, 0.15) is 11.7 Å². The summed E-state index contributed by atoms with van der Waals surface area (Å²) < 4.78 is 26.3. The summed E-state index contributed by atoms with van der Waals surface area (Å²) in [5.41, 5.74) is 0.911. The Morgan fingerprint density at radius 2 is 1.75 bits per heavy atom. The van der Waals surface area contributed by atoms with E-state index in [1.165, 1.54) is 30.3 Å². The van der Waals surface area contributed by atoms with E-state index in [1.54, 1.807) is 6.07 Å². The summed E-state index contributed by atoms with van der Waals surface area (Å²) in [6.07, 6.45) is -0.909. The normalized spacial score (nSPS) is 12.2. The Bertz CT molecular complexity index is 599. The molecule has 0 aliphatic carbocycles. The predicted octanol–water partition coefficient (Wildman–Crippen LogP) is 4.42. The highest BCUT2D eigenvalue weighted by atomic mass is 35.5. The second-order valence-corrected chi connectivity index (χ2v) is 5.02. The van der Waals surface area contributed by atoms with E-state index in [2.05, 4.69) is 5.32 Å². The van der Waals surface area contributed by atoms with Gasteiger partial charge in [0.1, 0.15) is 5.82 Å². The molecule has 0 aromatic heterocycles. The molecule has 0 bridgehead atoms. The first kappa shape index (κ1) is 15.0. The maximum Gasteiger partial charge on any atom is 0.160 e. The Kier molecular flexibility index (Phi) is 4.81. The third-order valence-electron chi connectivity index (χ3n) is 2.72. The van der Waals surface area contributed by atoms with Gasteiger partial charge in [-0.25, -0.2) is 8.78 Å². The minimum atomic E-state index is -0.909. The van der Waals surface area contributed by atoms with E-state index in [-0.39, 0.29) is 16.6 Å². The van der Waals surface area contributed by atoms with E-state index >= 15 is 0 Å². The molecule has 6 heteroatoms. The predicted molar refractivity (Wildman–Crippen MR) is 76.3 cm³/mol. The zero-order chi connectivity index (χ0) is 14.7. The van der Waals surface area contributed by atoms with Crippen molar-refractivity contribution in [2.24, 2.45) is 0 Å². The summed E-state index contributed by atoms with van der Waals surface area (Å²) in [4.78, 5) is 0. The first-order chi connectivity index (χ1) is 9.47. The van der Waals surface area contributed by atoms with Gasteiger partial charge in [0.25, 0.3) is 0 Å². The summed E-state index contributed by atoms with van der Waals surface area (Å²) >= 11 is 11.3. The molecule has 2 aromatic carbocycles. The van der Waals surface area contributed by atoms with Crippen LogP contribution in [-0.4, -0.2) is 11.7 Å². The standard InChI is InChI=1S/C14H11Cl2F2NO/c15-11-5-10(6-12(16)14(11)18)19-7-13(20)8-2-1-3-9(17)4-8/h1-6,13,19-20H,7H2. The summed E-state index contributed by atoms with van der Waals surface area (Å²) in [5.74, 6) is -1.11. The van der Waals surface area contributed by atoms with Gasteiger partial charge in [-0.2, -0.15) is 0 Å². The first-order valence-corrected chi connectivity index (χ1v) is 6.55. The average Bonchev–Trinajstić information content (AvgIpc) is 2.42. The highest BCUT2D eigenvalue weighted by Crippen LogP contribution is 2.27. The second kappa shape index (κ2) is 6.39. The summed E-state index contributed by atoms with van der Waals surface area (Å²) in [7, 11) is 0. The Balaban J connectivity index is 2.05. The van der Waals surface area contributed by atoms with Crippen LogP contribution in [0.3, 0.4) is 0 Å². The largest absolute Gasteiger partial charge is 0.387 e. The maximum absolute atomic E-state index is 13.2. The Morgan fingerprint density at radius 1 is 1.10 bits per heavy atom. The van der Waals surface area contributed by atoms with Gasteiger partial charge in [0.2, 0.25) is 0 Å². The molecule has 2 aromatic rings. The van der Waals surface area contributed by atoms with Crippen LogP contribution < -0.4 is 5.32 Å². The van der Waals surface area contributed by atoms with Gasteiger partial charge < -0.3 is 10.4 Å². The quantitative estimate of drug-likeness (QED) is 0.818. The van der Waals surface area contributed by atoms with Crippen molar-refractivity contribution in [3.8, 4) is 0 Å². The number of halogens is 4. The van der Waals surface area contributed by atoms with Crippen molar-refractivity contribution in [3.63, 3.8) is 0 Å². The number of nitrogens with one attached hydrogen (secondary N) is 1. The molecule has 1 atom stereocenters. The minimum absolute atomic E-state index is 0.111. The lowest BCUT2D eigenvalue weighted by Crippen LogP contribution is -2.12. The molecule has 0 aliphatic rings. The van der Waals surface area contributed by atoms with Crippen molar-refractivity contribution in [2.45, 2.75) is 6.10 Å². The third-order valence-corrected chi connectivity index (χ3v) is 3.27. The van der Waals surface area contributed by atoms with Crippen molar-refractivity contribution in [1.82, 2.24) is 0 Å². The van der Waals surface area contributed by atoms with Crippen LogP contribution in [0.15, 0.2) is 36.4 Å². The molecule has 0 radical (unpaired) electrons. The Morgan fingerprint density at radius 3 is 2.35 bits per heavy atom. The molecule has 2 nitrogen and oxygen atoms in total. The van der Waals surface area contributed by atoms with Gasteiger partial charge in [-0.05, 0) is 29.8 Å². The average molecular weight is 318 g/mol. The lowest BCUT2D eigenvalue weighted by molar-refractivity contribution is 0.191. The summed E-state index contributed by atoms with van der Waals surface area (Å²) in [6.45, 7) is 0.113. The first-order valence-electron chi connectivity index (χ1n) is 5.79. The van der Waals surface area contributed by atoms with Crippen LogP contribution in [0.2, 0.25) is 10.0 Å². The van der Waals surface area contributed by atoms with Crippen molar-refractivity contribution in [1.29, 1.82) is 0 Å². The number of rotatable bonds is 4. The van der Waals surface area contributed by atoms with Gasteiger partial charge >= 0.3 is 0 Å². The molecule has 106 valence electrons. The Labute approximate surface area is 125 Å². The summed E-state index contributed by atoms with van der Waals surface area (Å²) in [6, 6.07) is 8.39. The van der Waals surface area contributed by atoms with Crippen LogP contribution in [-0.2, 0) is 0 Å². The highest BCUT2D eigenvalue weighted by molar-refractivity contribution is 6.35.